The molecule has 0 spiro atoms. The maximum absolute atomic E-state index is 12.1. The first-order valence-corrected chi connectivity index (χ1v) is 7.33. The Kier molecular flexibility index (Phi) is 4.01. The van der Waals surface area contributed by atoms with Crippen LogP contribution in [0.15, 0.2) is 36.4 Å². The highest BCUT2D eigenvalue weighted by Crippen LogP contribution is 2.24. The summed E-state index contributed by atoms with van der Waals surface area (Å²) in [4.78, 5) is 14.3. The zero-order chi connectivity index (χ0) is 14.7. The van der Waals surface area contributed by atoms with Gasteiger partial charge in [-0.2, -0.15) is 5.10 Å². The molecule has 110 valence electrons. The summed E-state index contributed by atoms with van der Waals surface area (Å²) in [7, 11) is 2.10. The molecule has 1 aromatic carbocycles. The Morgan fingerprint density at radius 3 is 2.86 bits per heavy atom. The highest BCUT2D eigenvalue weighted by Gasteiger charge is 2.25. The molecule has 1 heterocycles. The van der Waals surface area contributed by atoms with Crippen molar-refractivity contribution in [1.29, 1.82) is 0 Å². The smallest absolute Gasteiger partial charge is 0.269 e. The number of benzene rings is 1. The van der Waals surface area contributed by atoms with Crippen LogP contribution in [0.1, 0.15) is 23.3 Å². The van der Waals surface area contributed by atoms with Crippen molar-refractivity contribution >= 4 is 5.91 Å². The van der Waals surface area contributed by atoms with Crippen LogP contribution in [0.5, 0.6) is 0 Å². The lowest BCUT2D eigenvalue weighted by atomic mass is 10.1. The number of H-pyrrole nitrogens is 1. The normalized spacial score (nSPS) is 14.4. The number of hydrogen-bond donors (Lipinski definition) is 2. The molecule has 1 aromatic heterocycles. The van der Waals surface area contributed by atoms with Gasteiger partial charge in [-0.05, 0) is 26.0 Å². The molecule has 3 rings (SSSR count). The lowest BCUT2D eigenvalue weighted by molar-refractivity contribution is 0.0944. The molecule has 2 aromatic rings. The van der Waals surface area contributed by atoms with Crippen molar-refractivity contribution in [3.8, 4) is 11.3 Å². The van der Waals surface area contributed by atoms with Crippen molar-refractivity contribution in [2.75, 3.05) is 20.1 Å². The van der Waals surface area contributed by atoms with Gasteiger partial charge in [0.05, 0.1) is 5.69 Å². The zero-order valence-electron chi connectivity index (χ0n) is 12.2. The fourth-order valence-corrected chi connectivity index (χ4v) is 2.33. The van der Waals surface area contributed by atoms with E-state index in [0.717, 1.165) is 23.8 Å². The Balaban J connectivity index is 1.54. The Labute approximate surface area is 124 Å². The van der Waals surface area contributed by atoms with Crippen LogP contribution in [0, 0.1) is 0 Å². The highest BCUT2D eigenvalue weighted by molar-refractivity contribution is 5.93. The molecule has 5 heteroatoms. The minimum absolute atomic E-state index is 0.103. The molecule has 1 saturated carbocycles. The second kappa shape index (κ2) is 6.10. The predicted octanol–water partition coefficient (Wildman–Crippen LogP) is 1.90. The summed E-state index contributed by atoms with van der Waals surface area (Å²) in [6.45, 7) is 1.54. The summed E-state index contributed by atoms with van der Waals surface area (Å²) < 4.78 is 0. The quantitative estimate of drug-likeness (QED) is 0.851. The van der Waals surface area contributed by atoms with Crippen LogP contribution in [0.4, 0.5) is 0 Å². The summed E-state index contributed by atoms with van der Waals surface area (Å²) in [5.74, 6) is -0.103. The van der Waals surface area contributed by atoms with Crippen LogP contribution in [0.2, 0.25) is 0 Å². The van der Waals surface area contributed by atoms with E-state index < -0.39 is 0 Å². The molecule has 0 atom stereocenters. The molecule has 0 bridgehead atoms. The van der Waals surface area contributed by atoms with Crippen molar-refractivity contribution < 1.29 is 4.79 Å². The molecular weight excluding hydrogens is 264 g/mol. The second-order valence-electron chi connectivity index (χ2n) is 5.50. The summed E-state index contributed by atoms with van der Waals surface area (Å²) in [6, 6.07) is 12.3. The molecule has 21 heavy (non-hydrogen) atoms. The maximum Gasteiger partial charge on any atom is 0.269 e. The molecule has 1 aliphatic rings. The standard InChI is InChI=1S/C16H20N4O/c1-20(13-7-8-13)10-9-17-16(21)15-11-14(18-19-15)12-5-3-2-4-6-12/h2-6,11,13H,7-10H2,1H3,(H,17,21)(H,18,19). The fourth-order valence-electron chi connectivity index (χ4n) is 2.33. The van der Waals surface area contributed by atoms with E-state index in [2.05, 4.69) is 27.5 Å². The van der Waals surface area contributed by atoms with E-state index in [-0.39, 0.29) is 5.91 Å². The van der Waals surface area contributed by atoms with Crippen molar-refractivity contribution in [3.63, 3.8) is 0 Å². The van der Waals surface area contributed by atoms with Gasteiger partial charge in [0, 0.05) is 24.7 Å². The molecular formula is C16H20N4O. The Hall–Kier alpha value is -2.14. The van der Waals surface area contributed by atoms with Crippen LogP contribution in [0.3, 0.4) is 0 Å². The van der Waals surface area contributed by atoms with Crippen molar-refractivity contribution in [3.05, 3.63) is 42.1 Å². The van der Waals surface area contributed by atoms with Crippen molar-refractivity contribution in [2.24, 2.45) is 0 Å². The predicted molar refractivity (Wildman–Crippen MR) is 82.0 cm³/mol. The molecule has 0 radical (unpaired) electrons. The number of aromatic nitrogens is 2. The topological polar surface area (TPSA) is 61.0 Å². The van der Waals surface area contributed by atoms with E-state index in [4.69, 9.17) is 0 Å². The molecule has 1 amide bonds. The number of likely N-dealkylation sites (N-methyl/N-ethyl adjacent to an activating group) is 1. The van der Waals surface area contributed by atoms with Crippen molar-refractivity contribution in [2.45, 2.75) is 18.9 Å². The van der Waals surface area contributed by atoms with Gasteiger partial charge in [0.25, 0.3) is 5.91 Å². The van der Waals surface area contributed by atoms with Gasteiger partial charge in [-0.25, -0.2) is 0 Å². The number of carbonyl (C=O) groups excluding carboxylic acids is 1. The maximum atomic E-state index is 12.1. The average molecular weight is 284 g/mol. The van der Waals surface area contributed by atoms with Gasteiger partial charge >= 0.3 is 0 Å². The van der Waals surface area contributed by atoms with E-state index in [9.17, 15) is 4.79 Å². The van der Waals surface area contributed by atoms with Crippen LogP contribution >= 0.6 is 0 Å². The molecule has 0 unspecified atom stereocenters. The molecule has 1 aliphatic carbocycles. The minimum atomic E-state index is -0.103. The third kappa shape index (κ3) is 3.49. The van der Waals surface area contributed by atoms with Crippen molar-refractivity contribution in [1.82, 2.24) is 20.4 Å². The van der Waals surface area contributed by atoms with Gasteiger partial charge in [0.15, 0.2) is 0 Å². The molecule has 5 nitrogen and oxygen atoms in total. The van der Waals surface area contributed by atoms with Crippen LogP contribution in [0.25, 0.3) is 11.3 Å². The minimum Gasteiger partial charge on any atom is -0.349 e. The van der Waals surface area contributed by atoms with Crippen LogP contribution < -0.4 is 5.32 Å². The third-order valence-corrected chi connectivity index (χ3v) is 3.81. The number of aromatic amines is 1. The van der Waals surface area contributed by atoms with E-state index in [1.807, 2.05) is 30.3 Å². The summed E-state index contributed by atoms with van der Waals surface area (Å²) in [5, 5.41) is 9.92. The zero-order valence-corrected chi connectivity index (χ0v) is 12.2. The second-order valence-corrected chi connectivity index (χ2v) is 5.50. The van der Waals surface area contributed by atoms with Gasteiger partial charge in [-0.15, -0.1) is 0 Å². The van der Waals surface area contributed by atoms with E-state index in [1.165, 1.54) is 12.8 Å². The molecule has 2 N–H and O–H groups in total. The lowest BCUT2D eigenvalue weighted by Gasteiger charge is -2.15. The Bertz CT molecular complexity index is 604. The van der Waals surface area contributed by atoms with Gasteiger partial charge < -0.3 is 10.2 Å². The average Bonchev–Trinajstić information content (AvgIpc) is 3.25. The fraction of sp³-hybridized carbons (Fsp3) is 0.375. The number of carbonyl (C=O) groups is 1. The number of amides is 1. The molecule has 0 saturated heterocycles. The SMILES string of the molecule is CN(CCNC(=O)c1cc(-c2ccccc2)n[nH]1)C1CC1. The van der Waals surface area contributed by atoms with Gasteiger partial charge in [0.2, 0.25) is 0 Å². The van der Waals surface area contributed by atoms with Gasteiger partial charge in [0.1, 0.15) is 5.69 Å². The molecule has 0 aliphatic heterocycles. The monoisotopic (exact) mass is 284 g/mol. The molecule has 1 fully saturated rings. The number of hydrogen-bond acceptors (Lipinski definition) is 3. The summed E-state index contributed by atoms with van der Waals surface area (Å²) in [6.07, 6.45) is 2.57. The highest BCUT2D eigenvalue weighted by atomic mass is 16.1. The van der Waals surface area contributed by atoms with E-state index in [1.54, 1.807) is 6.07 Å². The first-order chi connectivity index (χ1) is 10.2. The first kappa shape index (κ1) is 13.8. The lowest BCUT2D eigenvalue weighted by Crippen LogP contribution is -2.34. The van der Waals surface area contributed by atoms with Crippen LogP contribution in [-0.2, 0) is 0 Å². The number of nitrogens with one attached hydrogen (secondary N) is 2. The summed E-state index contributed by atoms with van der Waals surface area (Å²) in [5.41, 5.74) is 2.29. The number of rotatable bonds is 6. The first-order valence-electron chi connectivity index (χ1n) is 7.33. The number of nitrogens with zero attached hydrogens (tertiary/aromatic N) is 2. The Morgan fingerprint density at radius 1 is 1.38 bits per heavy atom. The Morgan fingerprint density at radius 2 is 2.14 bits per heavy atom. The largest absolute Gasteiger partial charge is 0.349 e. The summed E-state index contributed by atoms with van der Waals surface area (Å²) >= 11 is 0. The van der Waals surface area contributed by atoms with E-state index in [0.29, 0.717) is 12.2 Å². The van der Waals surface area contributed by atoms with E-state index >= 15 is 0 Å². The third-order valence-electron chi connectivity index (χ3n) is 3.81. The van der Waals surface area contributed by atoms with Gasteiger partial charge in [-0.3, -0.25) is 9.89 Å². The van der Waals surface area contributed by atoms with Crippen LogP contribution in [-0.4, -0.2) is 47.2 Å². The van der Waals surface area contributed by atoms with Gasteiger partial charge in [-0.1, -0.05) is 30.3 Å².